The van der Waals surface area contributed by atoms with Crippen LogP contribution in [0.25, 0.3) is 22.3 Å². The fourth-order valence-electron chi connectivity index (χ4n) is 2.91. The molecule has 2 atom stereocenters. The number of anilines is 1. The molecular formula is C18H17FN4O3. The minimum absolute atomic E-state index is 0.272. The molecule has 1 aliphatic carbocycles. The zero-order valence-electron chi connectivity index (χ0n) is 14.2. The Balaban J connectivity index is 1.72. The summed E-state index contributed by atoms with van der Waals surface area (Å²) in [5.41, 5.74) is 1.86. The molecule has 0 spiro atoms. The van der Waals surface area contributed by atoms with Crippen molar-refractivity contribution in [3.05, 3.63) is 30.3 Å². The number of rotatable bonds is 5. The fraction of sp³-hybridized carbons (Fsp3) is 0.278. The Morgan fingerprint density at radius 2 is 1.92 bits per heavy atom. The zero-order valence-corrected chi connectivity index (χ0v) is 14.2. The second-order valence-electron chi connectivity index (χ2n) is 6.05. The number of aromatic nitrogens is 3. The Bertz CT molecular complexity index is 965. The number of halogens is 1. The van der Waals surface area contributed by atoms with E-state index >= 15 is 0 Å². The van der Waals surface area contributed by atoms with Crippen LogP contribution in [-0.4, -0.2) is 41.5 Å². The Morgan fingerprint density at radius 1 is 1.23 bits per heavy atom. The first-order chi connectivity index (χ1) is 12.6. The predicted octanol–water partition coefficient (Wildman–Crippen LogP) is 2.94. The number of hydrogen-bond acceptors (Lipinski definition) is 5. The van der Waals surface area contributed by atoms with Gasteiger partial charge in [0.15, 0.2) is 5.65 Å². The lowest BCUT2D eigenvalue weighted by Gasteiger charge is -2.11. The summed E-state index contributed by atoms with van der Waals surface area (Å²) in [6.07, 6.45) is -0.775. The van der Waals surface area contributed by atoms with Crippen LogP contribution in [0.2, 0.25) is 0 Å². The van der Waals surface area contributed by atoms with Crippen LogP contribution in [0.5, 0.6) is 11.5 Å². The summed E-state index contributed by atoms with van der Waals surface area (Å²) < 4.78 is 23.9. The van der Waals surface area contributed by atoms with Crippen molar-refractivity contribution in [2.24, 2.45) is 5.92 Å². The van der Waals surface area contributed by atoms with E-state index in [0.29, 0.717) is 28.7 Å². The second kappa shape index (κ2) is 6.29. The van der Waals surface area contributed by atoms with Crippen molar-refractivity contribution in [2.75, 3.05) is 19.5 Å². The lowest BCUT2D eigenvalue weighted by atomic mass is 10.1. The number of H-pyrrole nitrogens is 1. The van der Waals surface area contributed by atoms with Crippen LogP contribution in [0.3, 0.4) is 0 Å². The van der Waals surface area contributed by atoms with Crippen molar-refractivity contribution in [2.45, 2.75) is 12.6 Å². The van der Waals surface area contributed by atoms with E-state index in [4.69, 9.17) is 9.47 Å². The average molecular weight is 356 g/mol. The molecule has 2 aromatic heterocycles. The standard InChI is InChI=1S/C18H17FN4O3/c1-25-12-4-3-5-13(26-2)15(12)16-9-6-7-14(20-17(9)23-22-16)21-18(24)10-8-11(10)19/h3-7,10-11H,8H2,1-2H3,(H2,20,21,22,23,24). The predicted molar refractivity (Wildman–Crippen MR) is 94.1 cm³/mol. The van der Waals surface area contributed by atoms with Gasteiger partial charge in [0.2, 0.25) is 5.91 Å². The van der Waals surface area contributed by atoms with E-state index < -0.39 is 12.1 Å². The quantitative estimate of drug-likeness (QED) is 0.734. The van der Waals surface area contributed by atoms with Crippen molar-refractivity contribution < 1.29 is 18.7 Å². The zero-order chi connectivity index (χ0) is 18.3. The van der Waals surface area contributed by atoms with Gasteiger partial charge in [-0.2, -0.15) is 5.10 Å². The van der Waals surface area contributed by atoms with Gasteiger partial charge in [0.1, 0.15) is 23.5 Å². The van der Waals surface area contributed by atoms with E-state index in [1.54, 1.807) is 26.4 Å². The van der Waals surface area contributed by atoms with E-state index in [2.05, 4.69) is 20.5 Å². The highest BCUT2D eigenvalue weighted by molar-refractivity contribution is 5.98. The molecule has 1 fully saturated rings. The minimum atomic E-state index is -1.05. The molecule has 0 aliphatic heterocycles. The summed E-state index contributed by atoms with van der Waals surface area (Å²) in [6, 6.07) is 8.95. The van der Waals surface area contributed by atoms with Crippen molar-refractivity contribution in [3.63, 3.8) is 0 Å². The smallest absolute Gasteiger partial charge is 0.231 e. The van der Waals surface area contributed by atoms with E-state index in [-0.39, 0.29) is 12.3 Å². The molecule has 1 saturated carbocycles. The maximum Gasteiger partial charge on any atom is 0.231 e. The van der Waals surface area contributed by atoms with Gasteiger partial charge in [-0.05, 0) is 30.7 Å². The van der Waals surface area contributed by atoms with Gasteiger partial charge in [-0.15, -0.1) is 0 Å². The van der Waals surface area contributed by atoms with Crippen molar-refractivity contribution in [1.82, 2.24) is 15.2 Å². The highest BCUT2D eigenvalue weighted by Crippen LogP contribution is 2.40. The summed E-state index contributed by atoms with van der Waals surface area (Å²) >= 11 is 0. The summed E-state index contributed by atoms with van der Waals surface area (Å²) in [7, 11) is 3.16. The largest absolute Gasteiger partial charge is 0.496 e. The van der Waals surface area contributed by atoms with Gasteiger partial charge >= 0.3 is 0 Å². The maximum absolute atomic E-state index is 13.0. The number of fused-ring (bicyclic) bond motifs is 1. The number of carbonyl (C=O) groups is 1. The summed E-state index contributed by atoms with van der Waals surface area (Å²) in [5.74, 6) is 0.684. The second-order valence-corrected chi connectivity index (χ2v) is 6.05. The van der Waals surface area contributed by atoms with Crippen molar-refractivity contribution >= 4 is 22.8 Å². The lowest BCUT2D eigenvalue weighted by Crippen LogP contribution is -2.15. The molecule has 2 heterocycles. The molecule has 2 N–H and O–H groups in total. The van der Waals surface area contributed by atoms with Crippen LogP contribution < -0.4 is 14.8 Å². The Kier molecular flexibility index (Phi) is 3.95. The number of methoxy groups -OCH3 is 2. The van der Waals surface area contributed by atoms with Gasteiger partial charge in [0, 0.05) is 5.39 Å². The molecule has 1 aliphatic rings. The molecule has 134 valence electrons. The fourth-order valence-corrected chi connectivity index (χ4v) is 2.91. The SMILES string of the molecule is COc1cccc(OC)c1-c1[nH]nc2nc(NC(=O)C3CC3F)ccc12. The summed E-state index contributed by atoms with van der Waals surface area (Å²) in [4.78, 5) is 16.2. The normalized spacial score (nSPS) is 18.6. The summed E-state index contributed by atoms with van der Waals surface area (Å²) in [5, 5.41) is 10.6. The van der Waals surface area contributed by atoms with Gasteiger partial charge in [-0.3, -0.25) is 9.89 Å². The minimum Gasteiger partial charge on any atom is -0.496 e. The van der Waals surface area contributed by atoms with Crippen LogP contribution in [-0.2, 0) is 4.79 Å². The van der Waals surface area contributed by atoms with Gasteiger partial charge in [-0.1, -0.05) is 6.07 Å². The molecule has 1 aromatic carbocycles. The number of amides is 1. The number of pyridine rings is 1. The molecule has 3 aromatic rings. The van der Waals surface area contributed by atoms with Gasteiger partial charge < -0.3 is 14.8 Å². The first-order valence-corrected chi connectivity index (χ1v) is 8.13. The Labute approximate surface area is 148 Å². The topological polar surface area (TPSA) is 89.1 Å². The highest BCUT2D eigenvalue weighted by atomic mass is 19.1. The number of nitrogens with zero attached hydrogens (tertiary/aromatic N) is 2. The number of hydrogen-bond donors (Lipinski definition) is 2. The van der Waals surface area contributed by atoms with E-state index in [1.165, 1.54) is 0 Å². The van der Waals surface area contributed by atoms with Crippen LogP contribution in [0.4, 0.5) is 10.2 Å². The maximum atomic E-state index is 13.0. The Hall–Kier alpha value is -3.16. The number of alkyl halides is 1. The molecule has 0 bridgehead atoms. The van der Waals surface area contributed by atoms with Crippen LogP contribution in [0, 0.1) is 5.92 Å². The van der Waals surface area contributed by atoms with Gasteiger partial charge in [-0.25, -0.2) is 9.37 Å². The number of aromatic amines is 1. The van der Waals surface area contributed by atoms with Crippen LogP contribution in [0.1, 0.15) is 6.42 Å². The van der Waals surface area contributed by atoms with E-state index in [1.807, 2.05) is 18.2 Å². The molecule has 4 rings (SSSR count). The number of nitrogens with one attached hydrogen (secondary N) is 2. The molecule has 7 nitrogen and oxygen atoms in total. The molecule has 8 heteroatoms. The van der Waals surface area contributed by atoms with Gasteiger partial charge in [0.25, 0.3) is 0 Å². The molecule has 0 radical (unpaired) electrons. The number of ether oxygens (including phenoxy) is 2. The number of benzene rings is 1. The lowest BCUT2D eigenvalue weighted by molar-refractivity contribution is -0.117. The first-order valence-electron chi connectivity index (χ1n) is 8.13. The molecule has 1 amide bonds. The van der Waals surface area contributed by atoms with E-state index in [0.717, 1.165) is 10.9 Å². The molecule has 0 saturated heterocycles. The third-order valence-electron chi connectivity index (χ3n) is 4.40. The molecular weight excluding hydrogens is 339 g/mol. The molecule has 26 heavy (non-hydrogen) atoms. The first kappa shape index (κ1) is 16.3. The average Bonchev–Trinajstić information content (AvgIpc) is 3.25. The third kappa shape index (κ3) is 2.73. The monoisotopic (exact) mass is 356 g/mol. The van der Waals surface area contributed by atoms with E-state index in [9.17, 15) is 9.18 Å². The van der Waals surface area contributed by atoms with Crippen LogP contribution in [0.15, 0.2) is 30.3 Å². The third-order valence-corrected chi connectivity index (χ3v) is 4.40. The number of carbonyl (C=O) groups excluding carboxylic acids is 1. The van der Waals surface area contributed by atoms with Gasteiger partial charge in [0.05, 0.1) is 31.4 Å². The summed E-state index contributed by atoms with van der Waals surface area (Å²) in [6.45, 7) is 0. The van der Waals surface area contributed by atoms with Crippen molar-refractivity contribution in [1.29, 1.82) is 0 Å². The molecule has 2 unspecified atom stereocenters. The van der Waals surface area contributed by atoms with Crippen molar-refractivity contribution in [3.8, 4) is 22.8 Å². The van der Waals surface area contributed by atoms with Crippen LogP contribution >= 0.6 is 0 Å². The Morgan fingerprint density at radius 3 is 2.54 bits per heavy atom. The highest BCUT2D eigenvalue weighted by Gasteiger charge is 2.43.